The van der Waals surface area contributed by atoms with E-state index in [-0.39, 0.29) is 109 Å². The first-order valence-corrected chi connectivity index (χ1v) is 47.1. The number of nitrogens with two attached hydrogens (primary N) is 4. The highest BCUT2D eigenvalue weighted by atomic mass is 32.2. The maximum atomic E-state index is 14.8. The van der Waals surface area contributed by atoms with Crippen LogP contribution in [0.3, 0.4) is 0 Å². The third kappa shape index (κ3) is 29.2. The molecule has 4 aliphatic rings. The average molecular weight is 1990 g/mol. The van der Waals surface area contributed by atoms with Gasteiger partial charge in [0, 0.05) is 129 Å². The van der Waals surface area contributed by atoms with Gasteiger partial charge >= 0.3 is 39.8 Å². The van der Waals surface area contributed by atoms with Crippen LogP contribution in [-0.2, 0) is 65.5 Å². The fraction of sp³-hybridized carbons (Fsp3) is 0.443. The fourth-order valence-corrected chi connectivity index (χ4v) is 16.6. The van der Waals surface area contributed by atoms with Crippen molar-refractivity contribution in [2.24, 2.45) is 11.7 Å². The second-order valence-electron chi connectivity index (χ2n) is 32.6. The number of ether oxygens (including phenoxy) is 8. The Balaban J connectivity index is 0.000000182. The molecule has 12 aromatic rings. The number of rotatable bonds is 25. The standard InChI is InChI=1S/C26H27FN8O5S.C19H27FN2O5.C15H21FN2O3.C15H20FNO3.C13H12N6O5S2.H4N2.H2O/c1-2-38-20(36)15-40-16-5-6-18(17(27)14-16)33-10-7-32(8-11-33)9-12-34-23-21(41-26(34)37)24-29-22(19-4-3-13-39-19)31-35(24)25(28)30-23;1-5-25-17(23)13-26-14-6-7-16(15(20)12-14)21-8-10-22(11-9-21)18(24)27-19(2,3)4;1-15(2,3)21-14(20)18-8-6-17(7-9-18)13-5-4-11(19)10-12(13)16;1-2-19-15(18)11-20-12-6-7-14(13(16)10-12)17-8-4-3-5-9-17;1-26(21,22)24-6-4-18-10-8(25-13(18)20)11-15-9(7-3-2-5-23-7)17-19(11)12(14)16-10;1-2;/h3-6,13-14H,2,7-12,15H2,1H3,(H2,28,30);6-7,12H,5,8-11,13H2,1-4H3;4-5,10,19H,6-9H2,1-3H3;6-7,10H,2-5,8-9,11H2,1H3;2-3,5H,4,6H2,1H3,(H2,14,16);1-2H2;1H2. The first-order valence-electron chi connectivity index (χ1n) is 43.7. The predicted molar refractivity (Wildman–Crippen MR) is 506 cm³/mol. The number of thiazole rings is 2. The zero-order valence-electron chi connectivity index (χ0n) is 77.7. The van der Waals surface area contributed by atoms with Crippen LogP contribution in [0.1, 0.15) is 81.6 Å². The summed E-state index contributed by atoms with van der Waals surface area (Å²) in [6.45, 7) is 25.3. The van der Waals surface area contributed by atoms with Crippen LogP contribution in [0.15, 0.2) is 128 Å². The molecule has 748 valence electrons. The third-order valence-electron chi connectivity index (χ3n) is 20.6. The van der Waals surface area contributed by atoms with E-state index in [1.807, 2.05) is 61.1 Å². The number of nitrogen functional groups attached to an aromatic ring is 2. The lowest BCUT2D eigenvalue weighted by molar-refractivity contribution is -0.146. The van der Waals surface area contributed by atoms with Crippen molar-refractivity contribution < 1.29 is 111 Å². The van der Waals surface area contributed by atoms with E-state index in [9.17, 15) is 64.6 Å². The van der Waals surface area contributed by atoms with E-state index in [0.29, 0.717) is 182 Å². The summed E-state index contributed by atoms with van der Waals surface area (Å²) in [6.07, 6.45) is 6.67. The van der Waals surface area contributed by atoms with Crippen LogP contribution in [0, 0.1) is 23.3 Å². The molecule has 8 aromatic heterocycles. The number of phenolic OH excluding ortho intramolecular Hbond substituents is 1. The molecule has 4 aromatic carbocycles. The van der Waals surface area contributed by atoms with Crippen molar-refractivity contribution in [1.29, 1.82) is 0 Å². The van der Waals surface area contributed by atoms with Gasteiger partial charge in [0.15, 0.2) is 53.9 Å². The SMILES string of the molecule is CC(C)(C)OC(=O)N1CCN(c2ccc(O)cc2F)CC1.CCOC(=O)COc1ccc(N2CCCCC2)c(F)c1.CCOC(=O)COc1ccc(N2CCN(C(=O)OC(C)(C)C)CC2)c(F)c1.CCOC(=O)COc1ccc(N2CCN(CCn3c(=O)sc4c3nc(N)n3nc(-c5ccco5)nc43)CC2)c(F)c1.CS(=O)(=O)OCCn1c(=O)sc2c1nc(N)n1nc(-c3ccco3)nc21.NN.O. The number of fused-ring (bicyclic) bond motifs is 6. The Hall–Kier alpha value is -13.7. The second kappa shape index (κ2) is 48.9. The highest BCUT2D eigenvalue weighted by Gasteiger charge is 2.32. The van der Waals surface area contributed by atoms with Gasteiger partial charge in [-0.05, 0) is 154 Å². The van der Waals surface area contributed by atoms with Crippen molar-refractivity contribution in [2.75, 3.05) is 182 Å². The van der Waals surface area contributed by atoms with E-state index in [4.69, 9.17) is 58.2 Å². The first-order chi connectivity index (χ1) is 65.4. The van der Waals surface area contributed by atoms with Crippen molar-refractivity contribution in [3.8, 4) is 46.2 Å². The summed E-state index contributed by atoms with van der Waals surface area (Å²) in [5.74, 6) is 7.46. The minimum Gasteiger partial charge on any atom is -0.508 e. The number of piperidine rings is 1. The van der Waals surface area contributed by atoms with Gasteiger partial charge in [0.05, 0.1) is 74.5 Å². The molecular formula is C88H113F4N21O22S3. The zero-order valence-corrected chi connectivity index (χ0v) is 80.2. The van der Waals surface area contributed by atoms with E-state index < -0.39 is 56.7 Å². The number of carbonyl (C=O) groups excluding carboxylic acids is 5. The lowest BCUT2D eigenvalue weighted by atomic mass is 10.1. The van der Waals surface area contributed by atoms with E-state index in [0.717, 1.165) is 60.9 Å². The molecule has 0 saturated carbocycles. The number of esters is 3. The Kier molecular flexibility index (Phi) is 37.7. The summed E-state index contributed by atoms with van der Waals surface area (Å²) < 4.78 is 142. The number of furan rings is 2. The molecule has 0 spiro atoms. The monoisotopic (exact) mass is 1990 g/mol. The molecule has 0 atom stereocenters. The highest BCUT2D eigenvalue weighted by molar-refractivity contribution is 7.86. The van der Waals surface area contributed by atoms with E-state index in [1.165, 1.54) is 56.8 Å². The Morgan fingerprint density at radius 2 is 0.826 bits per heavy atom. The quantitative estimate of drug-likeness (QED) is 0.00891. The van der Waals surface area contributed by atoms with Gasteiger partial charge in [0.25, 0.3) is 10.1 Å². The third-order valence-corrected chi connectivity index (χ3v) is 23.1. The lowest BCUT2D eigenvalue weighted by Gasteiger charge is -2.36. The van der Waals surface area contributed by atoms with Crippen molar-refractivity contribution >= 4 is 130 Å². The van der Waals surface area contributed by atoms with Crippen LogP contribution in [0.25, 0.3) is 55.2 Å². The van der Waals surface area contributed by atoms with Gasteiger partial charge < -0.3 is 98.2 Å². The number of hydrazine groups is 1. The number of aromatic hydroxyl groups is 1. The Morgan fingerprint density at radius 3 is 1.17 bits per heavy atom. The Labute approximate surface area is 797 Å². The molecule has 4 aliphatic heterocycles. The van der Waals surface area contributed by atoms with Crippen molar-refractivity contribution in [3.63, 3.8) is 0 Å². The smallest absolute Gasteiger partial charge is 0.410 e. The van der Waals surface area contributed by atoms with Gasteiger partial charge in [-0.3, -0.25) is 39.5 Å². The molecule has 0 unspecified atom stereocenters. The zero-order chi connectivity index (χ0) is 99.0. The van der Waals surface area contributed by atoms with Crippen LogP contribution < -0.4 is 66.7 Å². The highest BCUT2D eigenvalue weighted by Crippen LogP contribution is 2.34. The van der Waals surface area contributed by atoms with Crippen LogP contribution in [0.5, 0.6) is 23.0 Å². The molecule has 11 N–H and O–H groups in total. The van der Waals surface area contributed by atoms with Gasteiger partial charge in [-0.2, -0.15) is 27.4 Å². The molecule has 138 heavy (non-hydrogen) atoms. The van der Waals surface area contributed by atoms with Gasteiger partial charge in [0.1, 0.15) is 66.9 Å². The molecule has 43 nitrogen and oxygen atoms in total. The van der Waals surface area contributed by atoms with E-state index >= 15 is 0 Å². The summed E-state index contributed by atoms with van der Waals surface area (Å²) in [6, 6.07) is 24.7. The Morgan fingerprint density at radius 1 is 0.471 bits per heavy atom. The number of aromatic nitrogens is 10. The largest absolute Gasteiger partial charge is 0.508 e. The van der Waals surface area contributed by atoms with Crippen LogP contribution in [-0.4, -0.2) is 274 Å². The van der Waals surface area contributed by atoms with E-state index in [2.05, 4.69) is 50.9 Å². The molecule has 50 heteroatoms. The topological polar surface area (TPSA) is 537 Å². The van der Waals surface area contributed by atoms with Crippen molar-refractivity contribution in [1.82, 2.24) is 63.0 Å². The number of phenols is 1. The summed E-state index contributed by atoms with van der Waals surface area (Å²) >= 11 is 1.97. The van der Waals surface area contributed by atoms with Gasteiger partial charge in [0.2, 0.25) is 23.5 Å². The number of hydrogen-bond acceptors (Lipinski definition) is 38. The number of carbonyl (C=O) groups is 5. The molecular weight excluding hydrogens is 1880 g/mol. The minimum absolute atomic E-state index is 0. The first kappa shape index (κ1) is 106. The van der Waals surface area contributed by atoms with Gasteiger partial charge in [-0.25, -0.2) is 51.5 Å². The predicted octanol–water partition coefficient (Wildman–Crippen LogP) is 8.73. The van der Waals surface area contributed by atoms with Crippen LogP contribution >= 0.6 is 22.7 Å². The molecule has 12 heterocycles. The van der Waals surface area contributed by atoms with E-state index in [1.54, 1.807) is 102 Å². The molecule has 16 rings (SSSR count). The second-order valence-corrected chi connectivity index (χ2v) is 36.2. The molecule has 0 aliphatic carbocycles. The number of piperazine rings is 3. The van der Waals surface area contributed by atoms with Gasteiger partial charge in [-0.15, -0.1) is 10.2 Å². The molecule has 2 amide bonds. The molecule has 4 saturated heterocycles. The number of nitrogens with zero attached hydrogens (tertiary/aromatic N) is 17. The maximum absolute atomic E-state index is 14.8. The summed E-state index contributed by atoms with van der Waals surface area (Å²) in [4.78, 5) is 114. The number of hydrogen-bond donors (Lipinski definition) is 5. The molecule has 0 bridgehead atoms. The molecule has 4 fully saturated rings. The summed E-state index contributed by atoms with van der Waals surface area (Å²) in [5.41, 5.74) is 14.6. The number of halogens is 4. The van der Waals surface area contributed by atoms with Crippen molar-refractivity contribution in [2.45, 2.75) is 106 Å². The van der Waals surface area contributed by atoms with Gasteiger partial charge in [-0.1, -0.05) is 22.7 Å². The average Bonchev–Trinajstić information content (AvgIpc) is 1.60. The minimum atomic E-state index is -3.60. The van der Waals surface area contributed by atoms with Crippen LogP contribution in [0.4, 0.5) is 61.8 Å². The lowest BCUT2D eigenvalue weighted by Crippen LogP contribution is -2.50. The summed E-state index contributed by atoms with van der Waals surface area (Å²) in [5, 5.41) is 17.9. The summed E-state index contributed by atoms with van der Waals surface area (Å²) in [7, 11) is -3.60. The fourth-order valence-electron chi connectivity index (χ4n) is 14.3. The number of anilines is 6. The Bertz CT molecular complexity index is 6340. The number of amides is 2. The van der Waals surface area contributed by atoms with Crippen LogP contribution in [0.2, 0.25) is 0 Å². The number of benzene rings is 4. The molecule has 0 radical (unpaired) electrons. The van der Waals surface area contributed by atoms with Crippen molar-refractivity contribution in [3.05, 3.63) is 152 Å². The normalized spacial score (nSPS) is 14.1. The maximum Gasteiger partial charge on any atom is 0.410 e.